The van der Waals surface area contributed by atoms with Crippen molar-refractivity contribution in [1.29, 1.82) is 0 Å². The zero-order valence-electron chi connectivity index (χ0n) is 8.42. The summed E-state index contributed by atoms with van der Waals surface area (Å²) >= 11 is 0. The van der Waals surface area contributed by atoms with Crippen LogP contribution in [-0.2, 0) is 4.79 Å². The zero-order valence-corrected chi connectivity index (χ0v) is 8.42. The highest BCUT2D eigenvalue weighted by atomic mass is 16.1. The Bertz CT molecular complexity index is 252. The van der Waals surface area contributed by atoms with Gasteiger partial charge in [-0.2, -0.15) is 0 Å². The van der Waals surface area contributed by atoms with E-state index >= 15 is 0 Å². The molecule has 3 nitrogen and oxygen atoms in total. The summed E-state index contributed by atoms with van der Waals surface area (Å²) in [6.07, 6.45) is 4.31. The lowest BCUT2D eigenvalue weighted by molar-refractivity contribution is -0.116. The molecule has 72 valence electrons. The second kappa shape index (κ2) is 6.17. The highest BCUT2D eigenvalue weighted by Crippen LogP contribution is 2.06. The van der Waals surface area contributed by atoms with Crippen LogP contribution in [0.2, 0.25) is 0 Å². The number of aliphatic imine (C=N–C) groups is 1. The monoisotopic (exact) mass is 180 g/mol. The van der Waals surface area contributed by atoms with Gasteiger partial charge >= 0.3 is 0 Å². The first-order valence-electron chi connectivity index (χ1n) is 4.21. The molecule has 0 aromatic heterocycles. The third-order valence-electron chi connectivity index (χ3n) is 1.65. The summed E-state index contributed by atoms with van der Waals surface area (Å²) in [5.74, 6) is -0.0663. The van der Waals surface area contributed by atoms with Crippen molar-refractivity contribution in [3.8, 4) is 0 Å². The Kier molecular flexibility index (Phi) is 5.52. The van der Waals surface area contributed by atoms with Crippen molar-refractivity contribution >= 4 is 12.6 Å². The standard InChI is InChI=1S/C10H16N2O/c1-5-9(7-11-3)6-8(2)10(13)12-4/h6-7H,3,5H2,1-2,4H3,(H,12,13)/b8-6+,9-7-. The highest BCUT2D eigenvalue weighted by Gasteiger charge is 2.00. The van der Waals surface area contributed by atoms with Crippen molar-refractivity contribution < 1.29 is 4.79 Å². The van der Waals surface area contributed by atoms with Gasteiger partial charge in [-0.1, -0.05) is 6.92 Å². The van der Waals surface area contributed by atoms with Crippen LogP contribution in [0.3, 0.4) is 0 Å². The molecule has 3 heteroatoms. The van der Waals surface area contributed by atoms with E-state index in [1.54, 1.807) is 20.2 Å². The van der Waals surface area contributed by atoms with Gasteiger partial charge in [0.25, 0.3) is 0 Å². The minimum Gasteiger partial charge on any atom is -0.355 e. The van der Waals surface area contributed by atoms with Crippen LogP contribution < -0.4 is 5.32 Å². The molecule has 0 aliphatic carbocycles. The Morgan fingerprint density at radius 3 is 2.62 bits per heavy atom. The van der Waals surface area contributed by atoms with Crippen LogP contribution >= 0.6 is 0 Å². The molecular formula is C10H16N2O. The Balaban J connectivity index is 4.60. The summed E-state index contributed by atoms with van der Waals surface area (Å²) in [6, 6.07) is 0. The second-order valence-corrected chi connectivity index (χ2v) is 2.65. The highest BCUT2D eigenvalue weighted by molar-refractivity contribution is 5.93. The van der Waals surface area contributed by atoms with Crippen molar-refractivity contribution in [1.82, 2.24) is 5.32 Å². The maximum Gasteiger partial charge on any atom is 0.246 e. The molecule has 0 spiro atoms. The van der Waals surface area contributed by atoms with Gasteiger partial charge in [-0.05, 0) is 31.7 Å². The fourth-order valence-electron chi connectivity index (χ4n) is 0.889. The second-order valence-electron chi connectivity index (χ2n) is 2.65. The number of nitrogens with one attached hydrogen (secondary N) is 1. The molecule has 0 fully saturated rings. The lowest BCUT2D eigenvalue weighted by Crippen LogP contribution is -2.18. The minimum atomic E-state index is -0.0663. The predicted octanol–water partition coefficient (Wildman–Crippen LogP) is 1.67. The van der Waals surface area contributed by atoms with Gasteiger partial charge in [-0.3, -0.25) is 9.79 Å². The Morgan fingerprint density at radius 1 is 1.62 bits per heavy atom. The van der Waals surface area contributed by atoms with E-state index in [4.69, 9.17) is 0 Å². The molecule has 1 amide bonds. The fourth-order valence-corrected chi connectivity index (χ4v) is 0.889. The quantitative estimate of drug-likeness (QED) is 0.399. The van der Waals surface area contributed by atoms with Crippen LogP contribution in [0.5, 0.6) is 0 Å². The molecule has 0 rings (SSSR count). The van der Waals surface area contributed by atoms with Crippen molar-refractivity contribution in [3.63, 3.8) is 0 Å². The number of allylic oxidation sites excluding steroid dienone is 2. The summed E-state index contributed by atoms with van der Waals surface area (Å²) in [5, 5.41) is 2.56. The molecule has 13 heavy (non-hydrogen) atoms. The molecule has 0 aromatic carbocycles. The molecule has 0 atom stereocenters. The average molecular weight is 180 g/mol. The van der Waals surface area contributed by atoms with Gasteiger partial charge in [-0.15, -0.1) is 0 Å². The number of likely N-dealkylation sites (N-methyl/N-ethyl adjacent to an activating group) is 1. The van der Waals surface area contributed by atoms with Gasteiger partial charge in [0.2, 0.25) is 5.91 Å². The summed E-state index contributed by atoms with van der Waals surface area (Å²) in [6.45, 7) is 7.14. The Labute approximate surface area is 79.3 Å². The summed E-state index contributed by atoms with van der Waals surface area (Å²) in [4.78, 5) is 14.8. The number of nitrogens with zero attached hydrogens (tertiary/aromatic N) is 1. The van der Waals surface area contributed by atoms with Crippen LogP contribution in [-0.4, -0.2) is 19.7 Å². The van der Waals surface area contributed by atoms with E-state index in [9.17, 15) is 4.79 Å². The topological polar surface area (TPSA) is 41.5 Å². The van der Waals surface area contributed by atoms with E-state index in [2.05, 4.69) is 17.0 Å². The van der Waals surface area contributed by atoms with Crippen LogP contribution in [0.1, 0.15) is 20.3 Å². The number of carbonyl (C=O) groups is 1. The first kappa shape index (κ1) is 11.6. The average Bonchev–Trinajstić information content (AvgIpc) is 2.15. The van der Waals surface area contributed by atoms with Gasteiger partial charge in [0.15, 0.2) is 0 Å². The van der Waals surface area contributed by atoms with E-state index in [1.165, 1.54) is 0 Å². The molecule has 0 saturated carbocycles. The number of carbonyl (C=O) groups excluding carboxylic acids is 1. The summed E-state index contributed by atoms with van der Waals surface area (Å²) in [7, 11) is 1.61. The number of rotatable bonds is 4. The first-order chi connectivity index (χ1) is 6.15. The van der Waals surface area contributed by atoms with Gasteiger partial charge in [0.1, 0.15) is 0 Å². The van der Waals surface area contributed by atoms with E-state index in [0.717, 1.165) is 12.0 Å². The summed E-state index contributed by atoms with van der Waals surface area (Å²) in [5.41, 5.74) is 1.68. The van der Waals surface area contributed by atoms with Gasteiger partial charge in [0, 0.05) is 18.8 Å². The lowest BCUT2D eigenvalue weighted by Gasteiger charge is -2.00. The van der Waals surface area contributed by atoms with Crippen molar-refractivity contribution in [2.45, 2.75) is 20.3 Å². The maximum absolute atomic E-state index is 11.1. The zero-order chi connectivity index (χ0) is 10.3. The van der Waals surface area contributed by atoms with Crippen LogP contribution in [0.15, 0.2) is 28.4 Å². The van der Waals surface area contributed by atoms with Crippen molar-refractivity contribution in [2.75, 3.05) is 7.05 Å². The SMILES string of the molecule is C=N/C=C(\C=C(/C)C(=O)NC)CC. The largest absolute Gasteiger partial charge is 0.355 e. The Hall–Kier alpha value is -1.38. The summed E-state index contributed by atoms with van der Waals surface area (Å²) < 4.78 is 0. The molecule has 1 N–H and O–H groups in total. The molecular weight excluding hydrogens is 164 g/mol. The van der Waals surface area contributed by atoms with E-state index in [0.29, 0.717) is 5.57 Å². The normalized spacial score (nSPS) is 12.5. The van der Waals surface area contributed by atoms with Crippen molar-refractivity contribution in [3.05, 3.63) is 23.4 Å². The van der Waals surface area contributed by atoms with E-state index < -0.39 is 0 Å². The number of hydrogen-bond donors (Lipinski definition) is 1. The lowest BCUT2D eigenvalue weighted by atomic mass is 10.1. The van der Waals surface area contributed by atoms with Crippen LogP contribution in [0.4, 0.5) is 0 Å². The van der Waals surface area contributed by atoms with Gasteiger partial charge in [-0.25, -0.2) is 0 Å². The molecule has 0 aliphatic heterocycles. The molecule has 0 aliphatic rings. The molecule has 0 saturated heterocycles. The maximum atomic E-state index is 11.1. The molecule has 0 unspecified atom stereocenters. The molecule has 0 heterocycles. The van der Waals surface area contributed by atoms with Crippen LogP contribution in [0.25, 0.3) is 0 Å². The van der Waals surface area contributed by atoms with Gasteiger partial charge in [0.05, 0.1) is 0 Å². The molecule has 0 radical (unpaired) electrons. The van der Waals surface area contributed by atoms with E-state index in [1.807, 2.05) is 13.0 Å². The molecule has 0 aromatic rings. The first-order valence-corrected chi connectivity index (χ1v) is 4.21. The minimum absolute atomic E-state index is 0.0663. The smallest absolute Gasteiger partial charge is 0.246 e. The van der Waals surface area contributed by atoms with Crippen molar-refractivity contribution in [2.24, 2.45) is 4.99 Å². The predicted molar refractivity (Wildman–Crippen MR) is 55.7 cm³/mol. The third kappa shape index (κ3) is 4.25. The number of hydrogen-bond acceptors (Lipinski definition) is 2. The third-order valence-corrected chi connectivity index (χ3v) is 1.65. The molecule has 0 bridgehead atoms. The number of amides is 1. The van der Waals surface area contributed by atoms with Crippen LogP contribution in [0, 0.1) is 0 Å². The Morgan fingerprint density at radius 2 is 2.23 bits per heavy atom. The van der Waals surface area contributed by atoms with Gasteiger partial charge < -0.3 is 5.32 Å². The fraction of sp³-hybridized carbons (Fsp3) is 0.400. The van der Waals surface area contributed by atoms with E-state index in [-0.39, 0.29) is 5.91 Å².